The predicted molar refractivity (Wildman–Crippen MR) is 102 cm³/mol. The molecule has 3 rings (SSSR count). The topological polar surface area (TPSA) is 28.5 Å². The minimum absolute atomic E-state index is 0.220. The minimum Gasteiger partial charge on any atom is -0.354 e. The highest BCUT2D eigenvalue weighted by Gasteiger charge is 2.33. The third kappa shape index (κ3) is 4.32. The number of likely N-dealkylation sites (tertiary alicyclic amines) is 1. The van der Waals surface area contributed by atoms with E-state index in [1.807, 2.05) is 11.3 Å². The molecule has 6 heteroatoms. The second-order valence-corrected chi connectivity index (χ2v) is 7.64. The minimum atomic E-state index is -0.247. The zero-order valence-corrected chi connectivity index (χ0v) is 15.4. The molecule has 1 saturated heterocycles. The lowest BCUT2D eigenvalue weighted by Gasteiger charge is -2.30. The van der Waals surface area contributed by atoms with Gasteiger partial charge in [0.2, 0.25) is 0 Å². The average Bonchev–Trinajstić information content (AvgIpc) is 3.24. The lowest BCUT2D eigenvalue weighted by molar-refractivity contribution is -0.920. The molecule has 2 aromatic rings. The van der Waals surface area contributed by atoms with Crippen molar-refractivity contribution in [2.24, 2.45) is 0 Å². The summed E-state index contributed by atoms with van der Waals surface area (Å²) in [5, 5.41) is 9.28. The Kier molecular flexibility index (Phi) is 5.81. The molecule has 3 nitrogen and oxygen atoms in total. The first-order chi connectivity index (χ1) is 11.6. The Morgan fingerprint density at radius 3 is 2.54 bits per heavy atom. The van der Waals surface area contributed by atoms with Gasteiger partial charge in [-0.05, 0) is 54.9 Å². The molecule has 2 heterocycles. The van der Waals surface area contributed by atoms with Crippen LogP contribution in [0.5, 0.6) is 0 Å². The SMILES string of the molecule is C[C@H](NC(=S)Nc1ccc(F)cc1)[C@@H](c1cccs1)[NH+]1CCCC1. The molecule has 24 heavy (non-hydrogen) atoms. The number of nitrogens with one attached hydrogen (secondary N) is 3. The lowest BCUT2D eigenvalue weighted by atomic mass is 10.1. The van der Waals surface area contributed by atoms with E-state index < -0.39 is 0 Å². The van der Waals surface area contributed by atoms with E-state index >= 15 is 0 Å². The molecule has 0 radical (unpaired) electrons. The number of halogens is 1. The molecule has 128 valence electrons. The fraction of sp³-hybridized carbons (Fsp3) is 0.389. The van der Waals surface area contributed by atoms with Gasteiger partial charge in [-0.3, -0.25) is 0 Å². The number of thiocarbonyl (C=S) groups is 1. The predicted octanol–water partition coefficient (Wildman–Crippen LogP) is 2.98. The Labute approximate surface area is 151 Å². The number of hydrogen-bond donors (Lipinski definition) is 3. The van der Waals surface area contributed by atoms with Gasteiger partial charge in [-0.15, -0.1) is 11.3 Å². The Bertz CT molecular complexity index is 651. The summed E-state index contributed by atoms with van der Waals surface area (Å²) in [6.07, 6.45) is 2.59. The van der Waals surface area contributed by atoms with Gasteiger partial charge in [0.1, 0.15) is 11.9 Å². The average molecular weight is 365 g/mol. The number of benzene rings is 1. The number of rotatable bonds is 5. The normalized spacial score (nSPS) is 17.4. The lowest BCUT2D eigenvalue weighted by Crippen LogP contribution is -3.11. The van der Waals surface area contributed by atoms with Gasteiger partial charge >= 0.3 is 0 Å². The number of thiophene rings is 1. The third-order valence-electron chi connectivity index (χ3n) is 4.50. The molecular formula is C18H23FN3S2+. The van der Waals surface area contributed by atoms with Crippen LogP contribution in [0.3, 0.4) is 0 Å². The van der Waals surface area contributed by atoms with Gasteiger partial charge in [-0.1, -0.05) is 6.07 Å². The summed E-state index contributed by atoms with van der Waals surface area (Å²) in [4.78, 5) is 3.03. The van der Waals surface area contributed by atoms with Gasteiger partial charge in [-0.2, -0.15) is 0 Å². The van der Waals surface area contributed by atoms with Crippen molar-refractivity contribution < 1.29 is 9.29 Å². The molecule has 1 aromatic carbocycles. The van der Waals surface area contributed by atoms with Crippen LogP contribution in [0, 0.1) is 5.82 Å². The van der Waals surface area contributed by atoms with E-state index in [0.29, 0.717) is 11.2 Å². The first-order valence-electron chi connectivity index (χ1n) is 8.34. The summed E-state index contributed by atoms with van der Waals surface area (Å²) < 4.78 is 13.0. The third-order valence-corrected chi connectivity index (χ3v) is 5.67. The highest BCUT2D eigenvalue weighted by molar-refractivity contribution is 7.80. The molecule has 0 spiro atoms. The van der Waals surface area contributed by atoms with Crippen molar-refractivity contribution in [3.05, 3.63) is 52.5 Å². The summed E-state index contributed by atoms with van der Waals surface area (Å²) in [7, 11) is 0. The van der Waals surface area contributed by atoms with E-state index in [2.05, 4.69) is 35.1 Å². The second-order valence-electron chi connectivity index (χ2n) is 6.25. The van der Waals surface area contributed by atoms with Gasteiger partial charge in [0, 0.05) is 18.5 Å². The second kappa shape index (κ2) is 8.05. The molecule has 1 fully saturated rings. The first kappa shape index (κ1) is 17.3. The smallest absolute Gasteiger partial charge is 0.171 e. The van der Waals surface area contributed by atoms with E-state index in [1.54, 1.807) is 17.0 Å². The number of quaternary nitrogens is 1. The highest BCUT2D eigenvalue weighted by Crippen LogP contribution is 2.21. The molecule has 1 aliphatic rings. The molecule has 0 bridgehead atoms. The Balaban J connectivity index is 1.65. The van der Waals surface area contributed by atoms with Crippen LogP contribution >= 0.6 is 23.6 Å². The molecular weight excluding hydrogens is 341 g/mol. The maximum Gasteiger partial charge on any atom is 0.171 e. The van der Waals surface area contributed by atoms with Crippen molar-refractivity contribution in [3.63, 3.8) is 0 Å². The summed E-state index contributed by atoms with van der Waals surface area (Å²) in [5.74, 6) is -0.247. The van der Waals surface area contributed by atoms with Crippen LogP contribution in [0.2, 0.25) is 0 Å². The fourth-order valence-electron chi connectivity index (χ4n) is 3.40. The van der Waals surface area contributed by atoms with Gasteiger partial charge in [-0.25, -0.2) is 4.39 Å². The van der Waals surface area contributed by atoms with E-state index in [0.717, 1.165) is 5.69 Å². The monoisotopic (exact) mass is 364 g/mol. The number of anilines is 1. The summed E-state index contributed by atoms with van der Waals surface area (Å²) in [6, 6.07) is 11.2. The summed E-state index contributed by atoms with van der Waals surface area (Å²) in [5.41, 5.74) is 0.794. The molecule has 0 unspecified atom stereocenters. The van der Waals surface area contributed by atoms with Crippen LogP contribution in [0.15, 0.2) is 41.8 Å². The molecule has 1 aliphatic heterocycles. The van der Waals surface area contributed by atoms with Crippen molar-refractivity contribution in [1.82, 2.24) is 5.32 Å². The van der Waals surface area contributed by atoms with Gasteiger partial charge in [0.15, 0.2) is 5.11 Å². The van der Waals surface area contributed by atoms with Crippen LogP contribution in [0.4, 0.5) is 10.1 Å². The van der Waals surface area contributed by atoms with E-state index in [1.165, 1.54) is 42.9 Å². The molecule has 1 aromatic heterocycles. The van der Waals surface area contributed by atoms with Crippen LogP contribution in [0.1, 0.15) is 30.7 Å². The Hall–Kier alpha value is -1.50. The molecule has 0 amide bonds. The van der Waals surface area contributed by atoms with Gasteiger partial charge in [0.05, 0.1) is 24.0 Å². The van der Waals surface area contributed by atoms with Crippen LogP contribution in [0.25, 0.3) is 0 Å². The molecule has 0 aliphatic carbocycles. The van der Waals surface area contributed by atoms with Crippen molar-refractivity contribution in [2.45, 2.75) is 31.8 Å². The van der Waals surface area contributed by atoms with Crippen molar-refractivity contribution in [1.29, 1.82) is 0 Å². The van der Waals surface area contributed by atoms with Crippen LogP contribution in [-0.2, 0) is 0 Å². The van der Waals surface area contributed by atoms with Crippen molar-refractivity contribution in [2.75, 3.05) is 18.4 Å². The zero-order chi connectivity index (χ0) is 16.9. The molecule has 3 N–H and O–H groups in total. The Morgan fingerprint density at radius 2 is 1.92 bits per heavy atom. The maximum atomic E-state index is 13.0. The maximum absolute atomic E-state index is 13.0. The van der Waals surface area contributed by atoms with Crippen molar-refractivity contribution in [3.8, 4) is 0 Å². The van der Waals surface area contributed by atoms with E-state index in [4.69, 9.17) is 12.2 Å². The van der Waals surface area contributed by atoms with E-state index in [9.17, 15) is 4.39 Å². The molecule has 0 saturated carbocycles. The quantitative estimate of drug-likeness (QED) is 0.713. The highest BCUT2D eigenvalue weighted by atomic mass is 32.1. The fourth-order valence-corrected chi connectivity index (χ4v) is 4.69. The van der Waals surface area contributed by atoms with Crippen molar-refractivity contribution >= 4 is 34.4 Å². The summed E-state index contributed by atoms with van der Waals surface area (Å²) >= 11 is 7.26. The van der Waals surface area contributed by atoms with E-state index in [-0.39, 0.29) is 11.9 Å². The van der Waals surface area contributed by atoms with Gasteiger partial charge in [0.25, 0.3) is 0 Å². The molecule has 2 atom stereocenters. The van der Waals surface area contributed by atoms with Crippen LogP contribution in [-0.4, -0.2) is 24.2 Å². The first-order valence-corrected chi connectivity index (χ1v) is 9.63. The standard InChI is InChI=1S/C18H22FN3S2/c1-13(20-18(23)21-15-8-6-14(19)7-9-15)17(16-5-4-12-24-16)22-10-2-3-11-22/h4-9,12-13,17H,2-3,10-11H2,1H3,(H2,20,21,23)/p+1/t13-,17-/m0/s1. The van der Waals surface area contributed by atoms with Gasteiger partial charge < -0.3 is 15.5 Å². The largest absolute Gasteiger partial charge is 0.354 e. The Morgan fingerprint density at radius 1 is 1.21 bits per heavy atom. The summed E-state index contributed by atoms with van der Waals surface area (Å²) in [6.45, 7) is 4.62. The van der Waals surface area contributed by atoms with Crippen LogP contribution < -0.4 is 15.5 Å². The zero-order valence-electron chi connectivity index (χ0n) is 13.7. The number of hydrogen-bond acceptors (Lipinski definition) is 2.